The van der Waals surface area contributed by atoms with E-state index < -0.39 is 0 Å². The number of ether oxygens (including phenoxy) is 1. The largest absolute Gasteiger partial charge is 0.496 e. The summed E-state index contributed by atoms with van der Waals surface area (Å²) in [4.78, 5) is 1.02. The second-order valence-electron chi connectivity index (χ2n) is 5.22. The summed E-state index contributed by atoms with van der Waals surface area (Å²) < 4.78 is 20.0. The minimum Gasteiger partial charge on any atom is -0.496 e. The Bertz CT molecular complexity index is 586. The predicted molar refractivity (Wildman–Crippen MR) is 86.9 cm³/mol. The smallest absolute Gasteiger partial charge is 0.134 e. The lowest BCUT2D eigenvalue weighted by atomic mass is 9.97. The molecule has 1 N–H and O–H groups in total. The molecule has 2 aromatic rings. The molecule has 1 aromatic carbocycles. The third-order valence-corrected chi connectivity index (χ3v) is 4.47. The molecule has 0 aliphatic carbocycles. The Morgan fingerprint density at radius 1 is 1.33 bits per heavy atom. The van der Waals surface area contributed by atoms with Gasteiger partial charge in [-0.2, -0.15) is 0 Å². The Labute approximate surface area is 130 Å². The lowest BCUT2D eigenvalue weighted by Crippen LogP contribution is -2.24. The zero-order chi connectivity index (χ0) is 15.4. The molecule has 0 saturated heterocycles. The molecule has 0 fully saturated rings. The number of halogens is 1. The normalized spacial score (nSPS) is 12.4. The summed E-state index contributed by atoms with van der Waals surface area (Å²) in [5.41, 5.74) is 2.63. The van der Waals surface area contributed by atoms with Gasteiger partial charge in [-0.05, 0) is 55.5 Å². The highest BCUT2D eigenvalue weighted by atomic mass is 32.1. The van der Waals surface area contributed by atoms with Gasteiger partial charge >= 0.3 is 0 Å². The number of methoxy groups -OCH3 is 1. The molecular weight excluding hydrogens is 285 g/mol. The first-order valence-electron chi connectivity index (χ1n) is 7.19. The topological polar surface area (TPSA) is 21.3 Å². The average molecular weight is 307 g/mol. The van der Waals surface area contributed by atoms with E-state index in [0.29, 0.717) is 0 Å². The van der Waals surface area contributed by atoms with Gasteiger partial charge in [-0.15, -0.1) is 11.3 Å². The van der Waals surface area contributed by atoms with E-state index in [1.54, 1.807) is 24.5 Å². The van der Waals surface area contributed by atoms with E-state index in [1.165, 1.54) is 0 Å². The van der Waals surface area contributed by atoms with Crippen molar-refractivity contribution in [3.8, 4) is 5.75 Å². The summed E-state index contributed by atoms with van der Waals surface area (Å²) in [7, 11) is 1.65. The maximum Gasteiger partial charge on any atom is 0.134 e. The van der Waals surface area contributed by atoms with E-state index in [4.69, 9.17) is 4.74 Å². The summed E-state index contributed by atoms with van der Waals surface area (Å²) in [6, 6.07) is 5.39. The van der Waals surface area contributed by atoms with Crippen LogP contribution in [0.5, 0.6) is 5.75 Å². The third-order valence-electron chi connectivity index (χ3n) is 3.51. The van der Waals surface area contributed by atoms with Gasteiger partial charge in [0.1, 0.15) is 11.6 Å². The predicted octanol–water partition coefficient (Wildman–Crippen LogP) is 4.60. The van der Waals surface area contributed by atoms with Gasteiger partial charge < -0.3 is 10.1 Å². The van der Waals surface area contributed by atoms with Crippen molar-refractivity contribution in [2.24, 2.45) is 0 Å². The van der Waals surface area contributed by atoms with Crippen LogP contribution in [-0.4, -0.2) is 13.7 Å². The molecule has 0 amide bonds. The van der Waals surface area contributed by atoms with Crippen LogP contribution < -0.4 is 10.1 Å². The molecule has 1 atom stereocenters. The summed E-state index contributed by atoms with van der Waals surface area (Å²) in [6.45, 7) is 6.82. The second-order valence-corrected chi connectivity index (χ2v) is 6.17. The fourth-order valence-electron chi connectivity index (χ4n) is 2.60. The van der Waals surface area contributed by atoms with Gasteiger partial charge in [0, 0.05) is 5.56 Å². The van der Waals surface area contributed by atoms with Crippen LogP contribution in [0.25, 0.3) is 0 Å². The summed E-state index contributed by atoms with van der Waals surface area (Å²) in [6.07, 6.45) is 0.997. The number of benzene rings is 1. The molecule has 0 saturated carbocycles. The van der Waals surface area contributed by atoms with Crippen LogP contribution in [0.3, 0.4) is 0 Å². The summed E-state index contributed by atoms with van der Waals surface area (Å²) >= 11 is 1.59. The fourth-order valence-corrected chi connectivity index (χ4v) is 3.54. The van der Waals surface area contributed by atoms with Crippen LogP contribution >= 0.6 is 11.3 Å². The second kappa shape index (κ2) is 7.05. The third kappa shape index (κ3) is 3.44. The number of aryl methyl sites for hydroxylation is 2. The molecule has 1 unspecified atom stereocenters. The van der Waals surface area contributed by atoms with Crippen LogP contribution in [0, 0.1) is 19.7 Å². The summed E-state index contributed by atoms with van der Waals surface area (Å²) in [5, 5.41) is 5.44. The number of rotatable bonds is 6. The molecule has 1 aromatic heterocycles. The molecule has 4 heteroatoms. The van der Waals surface area contributed by atoms with Crippen LogP contribution in [0.4, 0.5) is 4.39 Å². The van der Waals surface area contributed by atoms with Crippen molar-refractivity contribution in [3.63, 3.8) is 0 Å². The van der Waals surface area contributed by atoms with Crippen molar-refractivity contribution in [1.82, 2.24) is 5.32 Å². The Morgan fingerprint density at radius 2 is 2.10 bits per heavy atom. The van der Waals surface area contributed by atoms with Gasteiger partial charge in [-0.3, -0.25) is 0 Å². The molecule has 0 bridgehead atoms. The molecule has 21 heavy (non-hydrogen) atoms. The van der Waals surface area contributed by atoms with Crippen molar-refractivity contribution in [3.05, 3.63) is 51.0 Å². The van der Waals surface area contributed by atoms with Crippen LogP contribution in [-0.2, 0) is 0 Å². The highest BCUT2D eigenvalue weighted by Crippen LogP contribution is 2.37. The first kappa shape index (κ1) is 16.0. The van der Waals surface area contributed by atoms with Crippen molar-refractivity contribution < 1.29 is 9.13 Å². The number of nitrogens with one attached hydrogen (secondary N) is 1. The Kier molecular flexibility index (Phi) is 5.37. The van der Waals surface area contributed by atoms with Gasteiger partial charge in [0.05, 0.1) is 18.0 Å². The zero-order valence-corrected chi connectivity index (χ0v) is 13.8. The monoisotopic (exact) mass is 307 g/mol. The number of thiophene rings is 1. The maximum atomic E-state index is 14.5. The highest BCUT2D eigenvalue weighted by Gasteiger charge is 2.24. The molecule has 0 aliphatic rings. The van der Waals surface area contributed by atoms with Gasteiger partial charge in [0.15, 0.2) is 0 Å². The zero-order valence-electron chi connectivity index (χ0n) is 13.0. The van der Waals surface area contributed by atoms with E-state index >= 15 is 0 Å². The standard InChI is InChI=1S/C17H22FNOS/c1-5-7-19-16(17-14(20-4)6-8-21-17)15-12(3)9-11(2)10-13(15)18/h6,8-10,16,19H,5,7H2,1-4H3. The molecular formula is C17H22FNOS. The highest BCUT2D eigenvalue weighted by molar-refractivity contribution is 7.10. The van der Waals surface area contributed by atoms with Crippen molar-refractivity contribution in [2.45, 2.75) is 33.2 Å². The van der Waals surface area contributed by atoms with E-state index in [2.05, 4.69) is 12.2 Å². The van der Waals surface area contributed by atoms with E-state index in [0.717, 1.165) is 40.3 Å². The molecule has 2 nitrogen and oxygen atoms in total. The van der Waals surface area contributed by atoms with E-state index in [9.17, 15) is 4.39 Å². The van der Waals surface area contributed by atoms with E-state index in [1.807, 2.05) is 31.4 Å². The number of hydrogen-bond acceptors (Lipinski definition) is 3. The molecule has 1 heterocycles. The van der Waals surface area contributed by atoms with Crippen molar-refractivity contribution >= 4 is 11.3 Å². The van der Waals surface area contributed by atoms with Crippen LogP contribution in [0.15, 0.2) is 23.6 Å². The van der Waals surface area contributed by atoms with Gasteiger partial charge in [-0.25, -0.2) is 4.39 Å². The van der Waals surface area contributed by atoms with Gasteiger partial charge in [0.2, 0.25) is 0 Å². The fraction of sp³-hybridized carbons (Fsp3) is 0.412. The quantitative estimate of drug-likeness (QED) is 0.842. The SMILES string of the molecule is CCCNC(c1sccc1OC)c1c(C)cc(C)cc1F. The van der Waals surface area contributed by atoms with Crippen LogP contribution in [0.2, 0.25) is 0 Å². The Balaban J connectivity index is 2.51. The van der Waals surface area contributed by atoms with Crippen molar-refractivity contribution in [2.75, 3.05) is 13.7 Å². The van der Waals surface area contributed by atoms with Gasteiger partial charge in [0.25, 0.3) is 0 Å². The minimum atomic E-state index is -0.166. The molecule has 114 valence electrons. The van der Waals surface area contributed by atoms with E-state index in [-0.39, 0.29) is 11.9 Å². The number of hydrogen-bond donors (Lipinski definition) is 1. The average Bonchev–Trinajstić information content (AvgIpc) is 2.89. The molecule has 0 aliphatic heterocycles. The maximum absolute atomic E-state index is 14.5. The Hall–Kier alpha value is -1.39. The van der Waals surface area contributed by atoms with Gasteiger partial charge in [-0.1, -0.05) is 13.0 Å². The lowest BCUT2D eigenvalue weighted by Gasteiger charge is -2.22. The van der Waals surface area contributed by atoms with Crippen molar-refractivity contribution in [1.29, 1.82) is 0 Å². The minimum absolute atomic E-state index is 0.156. The molecule has 2 rings (SSSR count). The Morgan fingerprint density at radius 3 is 2.71 bits per heavy atom. The molecule has 0 radical (unpaired) electrons. The first-order chi connectivity index (χ1) is 10.1. The van der Waals surface area contributed by atoms with Crippen LogP contribution in [0.1, 0.15) is 41.0 Å². The first-order valence-corrected chi connectivity index (χ1v) is 8.07. The molecule has 0 spiro atoms. The lowest BCUT2D eigenvalue weighted by molar-refractivity contribution is 0.406. The summed E-state index contributed by atoms with van der Waals surface area (Å²) in [5.74, 6) is 0.657.